The van der Waals surface area contributed by atoms with E-state index in [-0.39, 0.29) is 16.7 Å². The maximum atomic E-state index is 10.9. The molecule has 104 valence electrons. The molecule has 1 saturated carbocycles. The second-order valence-corrected chi connectivity index (χ2v) is 6.09. The van der Waals surface area contributed by atoms with Crippen molar-refractivity contribution in [2.75, 3.05) is 13.6 Å². The van der Waals surface area contributed by atoms with Gasteiger partial charge in [-0.3, -0.25) is 10.1 Å². The molecule has 0 heterocycles. The Balaban J connectivity index is 1.95. The maximum Gasteiger partial charge on any atom is 0.283 e. The number of nitro benzene ring substituents is 1. The summed E-state index contributed by atoms with van der Waals surface area (Å²) in [5.74, 6) is 0.547. The Hall–Kier alpha value is -0.980. The normalized spacial score (nSPS) is 22.3. The summed E-state index contributed by atoms with van der Waals surface area (Å²) in [6.07, 6.45) is 1.60. The molecule has 0 saturated heterocycles. The highest BCUT2D eigenvalue weighted by Gasteiger charge is 2.27. The standard InChI is InChI=1S/C13H17BrN2O3/c1-15(8-10-4-11(17)5-10)7-9-2-3-12(14)13(6-9)16(18)19/h2-3,6,10-11,17H,4-5,7-8H2,1H3. The number of aliphatic hydroxyl groups is 1. The van der Waals surface area contributed by atoms with Crippen molar-refractivity contribution in [3.8, 4) is 0 Å². The van der Waals surface area contributed by atoms with Crippen LogP contribution in [0.1, 0.15) is 18.4 Å². The van der Waals surface area contributed by atoms with E-state index >= 15 is 0 Å². The fourth-order valence-electron chi connectivity index (χ4n) is 2.46. The van der Waals surface area contributed by atoms with E-state index in [0.717, 1.165) is 24.9 Å². The van der Waals surface area contributed by atoms with Crippen LogP contribution in [0.2, 0.25) is 0 Å². The molecule has 0 aliphatic heterocycles. The molecular weight excluding hydrogens is 312 g/mol. The molecule has 1 aromatic rings. The van der Waals surface area contributed by atoms with Crippen LogP contribution in [0.3, 0.4) is 0 Å². The summed E-state index contributed by atoms with van der Waals surface area (Å²) in [6.45, 7) is 1.60. The van der Waals surface area contributed by atoms with Crippen LogP contribution in [0.25, 0.3) is 0 Å². The fraction of sp³-hybridized carbons (Fsp3) is 0.538. The van der Waals surface area contributed by atoms with E-state index in [1.54, 1.807) is 12.1 Å². The summed E-state index contributed by atoms with van der Waals surface area (Å²) >= 11 is 3.18. The van der Waals surface area contributed by atoms with Crippen LogP contribution in [0.5, 0.6) is 0 Å². The smallest absolute Gasteiger partial charge is 0.283 e. The molecule has 19 heavy (non-hydrogen) atoms. The van der Waals surface area contributed by atoms with Gasteiger partial charge in [0.05, 0.1) is 15.5 Å². The Labute approximate surface area is 120 Å². The van der Waals surface area contributed by atoms with E-state index in [4.69, 9.17) is 0 Å². The Bertz CT molecular complexity index is 475. The number of nitro groups is 1. The molecule has 1 aliphatic carbocycles. The molecule has 0 amide bonds. The number of hydrogen-bond acceptors (Lipinski definition) is 4. The molecule has 6 heteroatoms. The van der Waals surface area contributed by atoms with Gasteiger partial charge >= 0.3 is 0 Å². The van der Waals surface area contributed by atoms with Gasteiger partial charge < -0.3 is 10.0 Å². The van der Waals surface area contributed by atoms with E-state index < -0.39 is 0 Å². The highest BCUT2D eigenvalue weighted by atomic mass is 79.9. The van der Waals surface area contributed by atoms with Crippen LogP contribution < -0.4 is 0 Å². The topological polar surface area (TPSA) is 66.6 Å². The van der Waals surface area contributed by atoms with Crippen LogP contribution in [-0.2, 0) is 6.54 Å². The SMILES string of the molecule is CN(Cc1ccc(Br)c([N+](=O)[O-])c1)CC1CC(O)C1. The Morgan fingerprint density at radius 2 is 2.21 bits per heavy atom. The number of aliphatic hydroxyl groups excluding tert-OH is 1. The van der Waals surface area contributed by atoms with E-state index in [1.165, 1.54) is 0 Å². The van der Waals surface area contributed by atoms with Crippen molar-refractivity contribution in [3.05, 3.63) is 38.3 Å². The lowest BCUT2D eigenvalue weighted by Gasteiger charge is -2.34. The first-order valence-corrected chi connectivity index (χ1v) is 7.04. The molecule has 0 unspecified atom stereocenters. The Kier molecular flexibility index (Phi) is 4.54. The lowest BCUT2D eigenvalue weighted by atomic mass is 9.82. The Morgan fingerprint density at radius 3 is 2.79 bits per heavy atom. The van der Waals surface area contributed by atoms with Crippen LogP contribution in [-0.4, -0.2) is 34.6 Å². The zero-order valence-electron chi connectivity index (χ0n) is 10.8. The molecule has 1 fully saturated rings. The van der Waals surface area contributed by atoms with Crippen molar-refractivity contribution in [2.45, 2.75) is 25.5 Å². The lowest BCUT2D eigenvalue weighted by Crippen LogP contribution is -2.36. The van der Waals surface area contributed by atoms with Gasteiger partial charge in [0.25, 0.3) is 5.69 Å². The highest BCUT2D eigenvalue weighted by molar-refractivity contribution is 9.10. The average Bonchev–Trinajstić information content (AvgIpc) is 2.29. The molecule has 0 spiro atoms. The number of nitrogens with zero attached hydrogens (tertiary/aromatic N) is 2. The molecule has 0 aromatic heterocycles. The summed E-state index contributed by atoms with van der Waals surface area (Å²) < 4.78 is 0.506. The van der Waals surface area contributed by atoms with E-state index in [2.05, 4.69) is 20.8 Å². The molecule has 0 radical (unpaired) electrons. The molecule has 2 rings (SSSR count). The predicted octanol–water partition coefficient (Wildman–Crippen LogP) is 2.56. The number of rotatable bonds is 5. The van der Waals surface area contributed by atoms with Crippen molar-refractivity contribution in [3.63, 3.8) is 0 Å². The van der Waals surface area contributed by atoms with Crippen LogP contribution >= 0.6 is 15.9 Å². The minimum Gasteiger partial charge on any atom is -0.393 e. The summed E-state index contributed by atoms with van der Waals surface area (Å²) in [5.41, 5.74) is 1.03. The molecule has 5 nitrogen and oxygen atoms in total. The molecule has 1 aliphatic rings. The van der Waals surface area contributed by atoms with Gasteiger partial charge in [-0.15, -0.1) is 0 Å². The minimum absolute atomic E-state index is 0.102. The van der Waals surface area contributed by atoms with Gasteiger partial charge in [0.15, 0.2) is 0 Å². The molecular formula is C13H17BrN2O3. The summed E-state index contributed by atoms with van der Waals surface area (Å²) in [4.78, 5) is 12.6. The number of halogens is 1. The first-order chi connectivity index (χ1) is 8.95. The van der Waals surface area contributed by atoms with Crippen molar-refractivity contribution >= 4 is 21.6 Å². The average molecular weight is 329 g/mol. The van der Waals surface area contributed by atoms with Crippen molar-refractivity contribution < 1.29 is 10.0 Å². The van der Waals surface area contributed by atoms with Crippen LogP contribution in [0, 0.1) is 16.0 Å². The van der Waals surface area contributed by atoms with E-state index in [1.807, 2.05) is 13.1 Å². The monoisotopic (exact) mass is 328 g/mol. The quantitative estimate of drug-likeness (QED) is 0.666. The third-order valence-electron chi connectivity index (χ3n) is 3.44. The van der Waals surface area contributed by atoms with Gasteiger partial charge in [-0.1, -0.05) is 6.07 Å². The van der Waals surface area contributed by atoms with E-state index in [0.29, 0.717) is 16.9 Å². The molecule has 0 bridgehead atoms. The number of benzene rings is 1. The summed E-state index contributed by atoms with van der Waals surface area (Å²) in [5, 5.41) is 20.1. The number of hydrogen-bond donors (Lipinski definition) is 1. The van der Waals surface area contributed by atoms with E-state index in [9.17, 15) is 15.2 Å². The minimum atomic E-state index is -0.379. The van der Waals surface area contributed by atoms with Gasteiger partial charge in [-0.2, -0.15) is 0 Å². The zero-order valence-corrected chi connectivity index (χ0v) is 12.3. The first kappa shape index (κ1) is 14.4. The van der Waals surface area contributed by atoms with Crippen LogP contribution in [0.15, 0.2) is 22.7 Å². The van der Waals surface area contributed by atoms with Crippen molar-refractivity contribution in [1.82, 2.24) is 4.90 Å². The zero-order chi connectivity index (χ0) is 14.0. The third-order valence-corrected chi connectivity index (χ3v) is 4.11. The largest absolute Gasteiger partial charge is 0.393 e. The van der Waals surface area contributed by atoms with Gasteiger partial charge in [0, 0.05) is 19.2 Å². The molecule has 1 N–H and O–H groups in total. The summed E-state index contributed by atoms with van der Waals surface area (Å²) in [7, 11) is 2.00. The van der Waals surface area contributed by atoms with Gasteiger partial charge in [-0.05, 0) is 53.4 Å². The Morgan fingerprint density at radius 1 is 1.53 bits per heavy atom. The lowest BCUT2D eigenvalue weighted by molar-refractivity contribution is -0.385. The summed E-state index contributed by atoms with van der Waals surface area (Å²) in [6, 6.07) is 5.22. The third kappa shape index (κ3) is 3.75. The molecule has 0 atom stereocenters. The second-order valence-electron chi connectivity index (χ2n) is 5.23. The highest BCUT2D eigenvalue weighted by Crippen LogP contribution is 2.29. The van der Waals surface area contributed by atoms with Crippen molar-refractivity contribution in [2.24, 2.45) is 5.92 Å². The van der Waals surface area contributed by atoms with Gasteiger partial charge in [-0.25, -0.2) is 0 Å². The van der Waals surface area contributed by atoms with Gasteiger partial charge in [0.1, 0.15) is 0 Å². The maximum absolute atomic E-state index is 10.9. The second kappa shape index (κ2) is 5.98. The first-order valence-electron chi connectivity index (χ1n) is 6.25. The van der Waals surface area contributed by atoms with Crippen molar-refractivity contribution in [1.29, 1.82) is 0 Å². The molecule has 1 aromatic carbocycles. The van der Waals surface area contributed by atoms with Crippen LogP contribution in [0.4, 0.5) is 5.69 Å². The fourth-order valence-corrected chi connectivity index (χ4v) is 2.85. The predicted molar refractivity (Wildman–Crippen MR) is 75.9 cm³/mol. The van der Waals surface area contributed by atoms with Gasteiger partial charge in [0.2, 0.25) is 0 Å².